The lowest BCUT2D eigenvalue weighted by molar-refractivity contribution is -0.119. The molecule has 2 aromatic rings. The van der Waals surface area contributed by atoms with Crippen LogP contribution in [0.15, 0.2) is 36.4 Å². The van der Waals surface area contributed by atoms with Gasteiger partial charge in [-0.15, -0.1) is 0 Å². The van der Waals surface area contributed by atoms with Gasteiger partial charge >= 0.3 is 0 Å². The van der Waals surface area contributed by atoms with Gasteiger partial charge in [0.2, 0.25) is 15.9 Å². The molecule has 0 saturated carbocycles. The summed E-state index contributed by atoms with van der Waals surface area (Å²) in [5.74, 6) is -1.47. The number of methoxy groups -OCH3 is 1. The van der Waals surface area contributed by atoms with Crippen molar-refractivity contribution in [2.45, 2.75) is 6.92 Å². The Kier molecular flexibility index (Phi) is 5.56. The van der Waals surface area contributed by atoms with Crippen LogP contribution < -0.4 is 14.4 Å². The van der Waals surface area contributed by atoms with Crippen LogP contribution in [-0.4, -0.2) is 33.1 Å². The van der Waals surface area contributed by atoms with Crippen molar-refractivity contribution in [2.75, 3.05) is 22.5 Å². The first-order valence-corrected chi connectivity index (χ1v) is 10.5. The minimum absolute atomic E-state index is 0.0113. The Hall–Kier alpha value is -2.29. The van der Waals surface area contributed by atoms with Crippen LogP contribution in [0, 0.1) is 5.92 Å². The number of carbonyl (C=O) groups excluding carboxylic acids is 2. The lowest BCUT2D eigenvalue weighted by Gasteiger charge is -2.16. The summed E-state index contributed by atoms with van der Waals surface area (Å²) < 4.78 is 30.2. The average Bonchev–Trinajstić information content (AvgIpc) is 2.82. The van der Waals surface area contributed by atoms with Crippen LogP contribution in [0.5, 0.6) is 5.75 Å². The third-order valence-electron chi connectivity index (χ3n) is 4.20. The fourth-order valence-corrected chi connectivity index (χ4v) is 5.17. The maximum Gasteiger partial charge on any atom is 0.257 e. The van der Waals surface area contributed by atoms with Crippen molar-refractivity contribution in [3.63, 3.8) is 0 Å². The highest BCUT2D eigenvalue weighted by atomic mass is 35.5. The summed E-state index contributed by atoms with van der Waals surface area (Å²) in [6.07, 6.45) is 0. The van der Waals surface area contributed by atoms with Gasteiger partial charge in [-0.1, -0.05) is 30.1 Å². The van der Waals surface area contributed by atoms with Crippen molar-refractivity contribution in [2.24, 2.45) is 5.92 Å². The van der Waals surface area contributed by atoms with Gasteiger partial charge in [-0.3, -0.25) is 9.59 Å². The van der Waals surface area contributed by atoms with E-state index in [2.05, 4.69) is 5.32 Å². The van der Waals surface area contributed by atoms with Crippen molar-refractivity contribution in [1.82, 2.24) is 0 Å². The van der Waals surface area contributed by atoms with Crippen LogP contribution in [0.2, 0.25) is 10.0 Å². The van der Waals surface area contributed by atoms with Gasteiger partial charge in [0.05, 0.1) is 40.1 Å². The summed E-state index contributed by atoms with van der Waals surface area (Å²) >= 11 is 12.2. The minimum atomic E-state index is -3.75. The molecular formula is C18H16Cl2N2O5S. The second kappa shape index (κ2) is 7.62. The second-order valence-electron chi connectivity index (χ2n) is 6.25. The van der Waals surface area contributed by atoms with Crippen molar-refractivity contribution in [3.05, 3.63) is 52.0 Å². The van der Waals surface area contributed by atoms with Crippen LogP contribution in [0.3, 0.4) is 0 Å². The number of carbonyl (C=O) groups is 2. The van der Waals surface area contributed by atoms with E-state index in [-0.39, 0.29) is 22.0 Å². The molecule has 1 heterocycles. The number of ether oxygens (including phenoxy) is 1. The standard InChI is InChI=1S/C18H16Cl2N2O5S/c1-10-9-28(25,26)22(18(10)24)12-4-5-13(14(19)8-12)17(23)21-11-3-6-16(27-2)15(20)7-11/h3-8,10H,9H2,1-2H3,(H,21,23). The Morgan fingerprint density at radius 1 is 1.18 bits per heavy atom. The Balaban J connectivity index is 1.85. The average molecular weight is 443 g/mol. The van der Waals surface area contributed by atoms with Crippen LogP contribution in [0.1, 0.15) is 17.3 Å². The number of amides is 2. The van der Waals surface area contributed by atoms with E-state index in [1.165, 1.54) is 31.4 Å². The van der Waals surface area contributed by atoms with Crippen molar-refractivity contribution < 1.29 is 22.7 Å². The third-order valence-corrected chi connectivity index (χ3v) is 6.68. The number of nitrogens with one attached hydrogen (secondary N) is 1. The van der Waals surface area contributed by atoms with E-state index in [1.807, 2.05) is 0 Å². The molecule has 0 spiro atoms. The number of halogens is 2. The molecule has 3 rings (SSSR count). The molecule has 1 atom stereocenters. The molecule has 1 N–H and O–H groups in total. The van der Waals surface area contributed by atoms with E-state index in [4.69, 9.17) is 27.9 Å². The number of hydrogen-bond acceptors (Lipinski definition) is 5. The highest BCUT2D eigenvalue weighted by Gasteiger charge is 2.42. The largest absolute Gasteiger partial charge is 0.495 e. The van der Waals surface area contributed by atoms with E-state index in [9.17, 15) is 18.0 Å². The first kappa shape index (κ1) is 20.4. The van der Waals surface area contributed by atoms with E-state index < -0.39 is 27.8 Å². The highest BCUT2D eigenvalue weighted by molar-refractivity contribution is 7.94. The molecule has 1 fully saturated rings. The quantitative estimate of drug-likeness (QED) is 0.780. The maximum absolute atomic E-state index is 12.5. The Morgan fingerprint density at radius 3 is 2.43 bits per heavy atom. The van der Waals surface area contributed by atoms with E-state index >= 15 is 0 Å². The Bertz CT molecular complexity index is 1070. The molecule has 10 heteroatoms. The molecule has 1 saturated heterocycles. The molecular weight excluding hydrogens is 427 g/mol. The highest BCUT2D eigenvalue weighted by Crippen LogP contribution is 2.32. The lowest BCUT2D eigenvalue weighted by Crippen LogP contribution is -2.30. The summed E-state index contributed by atoms with van der Waals surface area (Å²) in [5.41, 5.74) is 0.653. The molecule has 1 aliphatic rings. The Labute approximate surface area is 172 Å². The van der Waals surface area contributed by atoms with Crippen molar-refractivity contribution in [1.29, 1.82) is 0 Å². The van der Waals surface area contributed by atoms with Crippen molar-refractivity contribution >= 4 is 56.4 Å². The minimum Gasteiger partial charge on any atom is -0.495 e. The second-order valence-corrected chi connectivity index (χ2v) is 8.93. The molecule has 1 unspecified atom stereocenters. The Morgan fingerprint density at radius 2 is 1.89 bits per heavy atom. The summed E-state index contributed by atoms with van der Waals surface area (Å²) in [5, 5.41) is 2.99. The predicted molar refractivity (Wildman–Crippen MR) is 108 cm³/mol. The number of hydrogen-bond donors (Lipinski definition) is 1. The van der Waals surface area contributed by atoms with Gasteiger partial charge in [0.25, 0.3) is 5.91 Å². The summed E-state index contributed by atoms with van der Waals surface area (Å²) in [4.78, 5) is 24.7. The summed E-state index contributed by atoms with van der Waals surface area (Å²) in [7, 11) is -2.27. The SMILES string of the molecule is COc1ccc(NC(=O)c2ccc(N3C(=O)C(C)CS3(=O)=O)cc2Cl)cc1Cl. The normalized spacial score (nSPS) is 18.2. The van der Waals surface area contributed by atoms with E-state index in [0.717, 1.165) is 4.31 Å². The fourth-order valence-electron chi connectivity index (χ4n) is 2.84. The van der Waals surface area contributed by atoms with Gasteiger partial charge in [-0.05, 0) is 36.4 Å². The number of rotatable bonds is 4. The number of nitrogens with zero attached hydrogens (tertiary/aromatic N) is 1. The van der Waals surface area contributed by atoms with E-state index in [1.54, 1.807) is 19.1 Å². The fraction of sp³-hybridized carbons (Fsp3) is 0.222. The van der Waals surface area contributed by atoms with E-state index in [0.29, 0.717) is 16.5 Å². The van der Waals surface area contributed by atoms with Gasteiger partial charge in [0, 0.05) is 5.69 Å². The topological polar surface area (TPSA) is 92.8 Å². The zero-order valence-electron chi connectivity index (χ0n) is 14.9. The predicted octanol–water partition coefficient (Wildman–Crippen LogP) is 3.57. The van der Waals surface area contributed by atoms with Crippen molar-refractivity contribution in [3.8, 4) is 5.75 Å². The zero-order chi connectivity index (χ0) is 20.6. The van der Waals surface area contributed by atoms with Gasteiger partial charge in [-0.25, -0.2) is 12.7 Å². The first-order chi connectivity index (χ1) is 13.1. The monoisotopic (exact) mass is 442 g/mol. The molecule has 28 heavy (non-hydrogen) atoms. The summed E-state index contributed by atoms with van der Waals surface area (Å²) in [6.45, 7) is 1.54. The number of benzene rings is 2. The maximum atomic E-state index is 12.5. The molecule has 148 valence electrons. The molecule has 0 aromatic heterocycles. The number of anilines is 2. The third kappa shape index (κ3) is 3.80. The summed E-state index contributed by atoms with van der Waals surface area (Å²) in [6, 6.07) is 8.76. The first-order valence-electron chi connectivity index (χ1n) is 8.15. The van der Waals surface area contributed by atoms with Gasteiger partial charge in [0.15, 0.2) is 0 Å². The van der Waals surface area contributed by atoms with Crippen LogP contribution in [0.25, 0.3) is 0 Å². The molecule has 0 radical (unpaired) electrons. The van der Waals surface area contributed by atoms with Gasteiger partial charge in [0.1, 0.15) is 5.75 Å². The van der Waals surface area contributed by atoms with Crippen LogP contribution in [-0.2, 0) is 14.8 Å². The molecule has 1 aliphatic heterocycles. The molecule has 0 bridgehead atoms. The van der Waals surface area contributed by atoms with Gasteiger partial charge < -0.3 is 10.1 Å². The van der Waals surface area contributed by atoms with Crippen LogP contribution >= 0.6 is 23.2 Å². The smallest absolute Gasteiger partial charge is 0.257 e. The molecule has 7 nitrogen and oxygen atoms in total. The van der Waals surface area contributed by atoms with Gasteiger partial charge in [-0.2, -0.15) is 0 Å². The number of sulfonamides is 1. The molecule has 2 amide bonds. The lowest BCUT2D eigenvalue weighted by atomic mass is 10.1. The molecule has 0 aliphatic carbocycles. The zero-order valence-corrected chi connectivity index (χ0v) is 17.2. The van der Waals surface area contributed by atoms with Crippen LogP contribution in [0.4, 0.5) is 11.4 Å². The molecule has 2 aromatic carbocycles.